The third-order valence-corrected chi connectivity index (χ3v) is 6.15. The molecule has 0 fully saturated rings. The number of halogens is 3. The number of hydrogen-bond donors (Lipinski definition) is 1. The van der Waals surface area contributed by atoms with Gasteiger partial charge < -0.3 is 5.32 Å². The van der Waals surface area contributed by atoms with Gasteiger partial charge >= 0.3 is 0 Å². The Morgan fingerprint density at radius 2 is 1.76 bits per heavy atom. The molecule has 2 aromatic rings. The molecular formula is C16H15BrF2N2O3S. The molecule has 0 radical (unpaired) electrons. The molecule has 1 atom stereocenters. The largest absolute Gasteiger partial charge is 0.325 e. The van der Waals surface area contributed by atoms with Crippen molar-refractivity contribution in [3.8, 4) is 0 Å². The Hall–Kier alpha value is -1.84. The lowest BCUT2D eigenvalue weighted by molar-refractivity contribution is -0.119. The molecule has 0 heterocycles. The summed E-state index contributed by atoms with van der Waals surface area (Å²) in [6.07, 6.45) is 0. The van der Waals surface area contributed by atoms with Crippen LogP contribution in [0.4, 0.5) is 14.5 Å². The van der Waals surface area contributed by atoms with Gasteiger partial charge in [-0.2, -0.15) is 4.31 Å². The highest BCUT2D eigenvalue weighted by atomic mass is 79.9. The second-order valence-corrected chi connectivity index (χ2v) is 8.07. The molecule has 1 amide bonds. The lowest BCUT2D eigenvalue weighted by Gasteiger charge is -2.24. The Kier molecular flexibility index (Phi) is 5.91. The number of hydrogen-bond acceptors (Lipinski definition) is 3. The number of amides is 1. The van der Waals surface area contributed by atoms with Crippen molar-refractivity contribution in [3.05, 3.63) is 58.6 Å². The summed E-state index contributed by atoms with van der Waals surface area (Å²) in [5.74, 6) is -2.74. The maximum absolute atomic E-state index is 13.9. The van der Waals surface area contributed by atoms with Gasteiger partial charge in [0.05, 0.1) is 4.47 Å². The summed E-state index contributed by atoms with van der Waals surface area (Å²) in [7, 11) is -3.19. The summed E-state index contributed by atoms with van der Waals surface area (Å²) in [4.78, 5) is 11.5. The van der Waals surface area contributed by atoms with Crippen molar-refractivity contribution < 1.29 is 22.0 Å². The van der Waals surface area contributed by atoms with E-state index in [0.29, 0.717) is 11.8 Å². The fourth-order valence-corrected chi connectivity index (χ4v) is 3.89. The van der Waals surface area contributed by atoms with Crippen molar-refractivity contribution in [2.45, 2.75) is 17.9 Å². The van der Waals surface area contributed by atoms with Gasteiger partial charge in [0.2, 0.25) is 15.9 Å². The monoisotopic (exact) mass is 432 g/mol. The van der Waals surface area contributed by atoms with Gasteiger partial charge in [0.1, 0.15) is 22.6 Å². The first kappa shape index (κ1) is 19.5. The summed E-state index contributed by atoms with van der Waals surface area (Å²) in [6, 6.07) is 8.68. The van der Waals surface area contributed by atoms with Crippen LogP contribution in [0.15, 0.2) is 51.8 Å². The molecular weight excluding hydrogens is 418 g/mol. The van der Waals surface area contributed by atoms with E-state index < -0.39 is 38.5 Å². The molecule has 0 aliphatic heterocycles. The third kappa shape index (κ3) is 4.23. The molecule has 0 bridgehead atoms. The van der Waals surface area contributed by atoms with E-state index in [-0.39, 0.29) is 4.47 Å². The van der Waals surface area contributed by atoms with Crippen LogP contribution in [0, 0.1) is 11.6 Å². The number of likely N-dealkylation sites (N-methyl/N-ethyl adjacent to an activating group) is 1. The van der Waals surface area contributed by atoms with E-state index in [2.05, 4.69) is 21.2 Å². The number of rotatable bonds is 5. The summed E-state index contributed by atoms with van der Waals surface area (Å²) in [6.45, 7) is 1.37. The number of para-hydroxylation sites is 1. The van der Waals surface area contributed by atoms with Gasteiger partial charge in [0, 0.05) is 18.8 Å². The molecule has 0 saturated heterocycles. The number of nitrogens with zero attached hydrogens (tertiary/aromatic N) is 1. The average Bonchev–Trinajstić information content (AvgIpc) is 2.57. The zero-order valence-corrected chi connectivity index (χ0v) is 15.7. The van der Waals surface area contributed by atoms with E-state index in [1.807, 2.05) is 0 Å². The van der Waals surface area contributed by atoms with Gasteiger partial charge in [-0.15, -0.1) is 0 Å². The Balaban J connectivity index is 2.27. The quantitative estimate of drug-likeness (QED) is 0.736. The van der Waals surface area contributed by atoms with Crippen molar-refractivity contribution in [2.75, 3.05) is 12.4 Å². The molecule has 5 nitrogen and oxygen atoms in total. The van der Waals surface area contributed by atoms with Crippen molar-refractivity contribution in [1.82, 2.24) is 4.31 Å². The number of carbonyl (C=O) groups is 1. The smallest absolute Gasteiger partial charge is 0.246 e. The molecule has 9 heteroatoms. The second kappa shape index (κ2) is 7.59. The van der Waals surface area contributed by atoms with Crippen LogP contribution in [0.3, 0.4) is 0 Å². The number of benzene rings is 2. The van der Waals surface area contributed by atoms with Crippen LogP contribution in [0.25, 0.3) is 0 Å². The summed E-state index contributed by atoms with van der Waals surface area (Å²) < 4.78 is 52.9. The molecule has 0 aliphatic carbocycles. The highest BCUT2D eigenvalue weighted by molar-refractivity contribution is 9.10. The Labute approximate surface area is 152 Å². The standard InChI is InChI=1S/C16H15BrF2N2O3S/c1-10(16(22)20-11-6-4-3-5-7-11)21(2)25(23,24)15-8-12(17)13(18)9-14(15)19/h3-10H,1-2H3,(H,20,22). The number of sulfonamides is 1. The van der Waals surface area contributed by atoms with E-state index in [9.17, 15) is 22.0 Å². The first-order chi connectivity index (χ1) is 11.6. The van der Waals surface area contributed by atoms with Crippen LogP contribution in [0.5, 0.6) is 0 Å². The molecule has 0 aliphatic rings. The van der Waals surface area contributed by atoms with Crippen LogP contribution < -0.4 is 5.32 Å². The van der Waals surface area contributed by atoms with Crippen LogP contribution in [0.1, 0.15) is 6.92 Å². The maximum Gasteiger partial charge on any atom is 0.246 e. The fraction of sp³-hybridized carbons (Fsp3) is 0.188. The van der Waals surface area contributed by atoms with E-state index in [1.165, 1.54) is 6.92 Å². The van der Waals surface area contributed by atoms with Crippen LogP contribution >= 0.6 is 15.9 Å². The van der Waals surface area contributed by atoms with Gasteiger partial charge in [-0.05, 0) is 41.1 Å². The molecule has 134 valence electrons. The fourth-order valence-electron chi connectivity index (χ4n) is 2.00. The molecule has 0 spiro atoms. The lowest BCUT2D eigenvalue weighted by Crippen LogP contribution is -2.43. The van der Waals surface area contributed by atoms with Crippen molar-refractivity contribution in [1.29, 1.82) is 0 Å². The minimum absolute atomic E-state index is 0.192. The van der Waals surface area contributed by atoms with Gasteiger partial charge in [0.15, 0.2) is 0 Å². The van der Waals surface area contributed by atoms with Crippen molar-refractivity contribution in [2.24, 2.45) is 0 Å². The van der Waals surface area contributed by atoms with Gasteiger partial charge in [-0.1, -0.05) is 18.2 Å². The van der Waals surface area contributed by atoms with Crippen molar-refractivity contribution in [3.63, 3.8) is 0 Å². The minimum atomic E-state index is -4.34. The highest BCUT2D eigenvalue weighted by Crippen LogP contribution is 2.26. The van der Waals surface area contributed by atoms with E-state index in [1.54, 1.807) is 30.3 Å². The highest BCUT2D eigenvalue weighted by Gasteiger charge is 2.32. The Morgan fingerprint density at radius 1 is 1.16 bits per heavy atom. The van der Waals surface area contributed by atoms with Gasteiger partial charge in [-0.3, -0.25) is 4.79 Å². The number of carbonyl (C=O) groups excluding carboxylic acids is 1. The molecule has 1 unspecified atom stereocenters. The summed E-state index contributed by atoms with van der Waals surface area (Å²) in [5, 5.41) is 2.57. The van der Waals surface area contributed by atoms with E-state index >= 15 is 0 Å². The summed E-state index contributed by atoms with van der Waals surface area (Å²) in [5.41, 5.74) is 0.501. The maximum atomic E-state index is 13.9. The topological polar surface area (TPSA) is 66.5 Å². The molecule has 1 N–H and O–H groups in total. The van der Waals surface area contributed by atoms with Gasteiger partial charge in [-0.25, -0.2) is 17.2 Å². The zero-order valence-electron chi connectivity index (χ0n) is 13.3. The minimum Gasteiger partial charge on any atom is -0.325 e. The molecule has 0 saturated carbocycles. The average molecular weight is 433 g/mol. The zero-order chi connectivity index (χ0) is 18.8. The second-order valence-electron chi connectivity index (χ2n) is 5.25. The molecule has 2 aromatic carbocycles. The normalized spacial score (nSPS) is 12.9. The van der Waals surface area contributed by atoms with Gasteiger partial charge in [0.25, 0.3) is 0 Å². The predicted molar refractivity (Wildman–Crippen MR) is 93.5 cm³/mol. The number of nitrogens with one attached hydrogen (secondary N) is 1. The Morgan fingerprint density at radius 3 is 2.36 bits per heavy atom. The molecule has 25 heavy (non-hydrogen) atoms. The number of anilines is 1. The Bertz CT molecular complexity index is 892. The van der Waals surface area contributed by atoms with Crippen LogP contribution in [-0.4, -0.2) is 31.7 Å². The third-order valence-electron chi connectivity index (χ3n) is 3.60. The molecule has 2 rings (SSSR count). The lowest BCUT2D eigenvalue weighted by atomic mass is 10.3. The first-order valence-corrected chi connectivity index (χ1v) is 9.36. The first-order valence-electron chi connectivity index (χ1n) is 7.13. The molecule has 0 aromatic heterocycles. The predicted octanol–water partition coefficient (Wildman–Crippen LogP) is 3.38. The van der Waals surface area contributed by atoms with Crippen LogP contribution in [-0.2, 0) is 14.8 Å². The van der Waals surface area contributed by atoms with Crippen molar-refractivity contribution >= 4 is 37.5 Å². The van der Waals surface area contributed by atoms with Crippen LogP contribution in [0.2, 0.25) is 0 Å². The van der Waals surface area contributed by atoms with E-state index in [0.717, 1.165) is 17.4 Å². The SMILES string of the molecule is CC(C(=O)Nc1ccccc1)N(C)S(=O)(=O)c1cc(Br)c(F)cc1F. The van der Waals surface area contributed by atoms with E-state index in [4.69, 9.17) is 0 Å². The summed E-state index contributed by atoms with van der Waals surface area (Å²) >= 11 is 2.83.